The Kier molecular flexibility index (Phi) is 6.62. The van der Waals surface area contributed by atoms with Gasteiger partial charge in [0, 0.05) is 23.7 Å². The van der Waals surface area contributed by atoms with Gasteiger partial charge in [-0.15, -0.1) is 0 Å². The lowest BCUT2D eigenvalue weighted by atomic mass is 10.0. The van der Waals surface area contributed by atoms with Crippen LogP contribution in [0.1, 0.15) is 61.1 Å². The molecule has 0 aliphatic heterocycles. The normalized spacial score (nSPS) is 13.7. The molecule has 0 saturated heterocycles. The molecule has 4 aromatic rings. The zero-order chi connectivity index (χ0) is 25.1. The van der Waals surface area contributed by atoms with E-state index in [1.54, 1.807) is 18.2 Å². The van der Waals surface area contributed by atoms with Crippen molar-refractivity contribution in [1.82, 2.24) is 25.1 Å². The molecule has 9 nitrogen and oxygen atoms in total. The van der Waals surface area contributed by atoms with Gasteiger partial charge in [-0.1, -0.05) is 31.9 Å². The summed E-state index contributed by atoms with van der Waals surface area (Å²) < 4.78 is 1.43. The van der Waals surface area contributed by atoms with Gasteiger partial charge in [-0.2, -0.15) is 9.78 Å². The van der Waals surface area contributed by atoms with Gasteiger partial charge in [0.05, 0.1) is 28.6 Å². The molecule has 9 heteroatoms. The van der Waals surface area contributed by atoms with Crippen molar-refractivity contribution < 1.29 is 14.7 Å². The Labute approximate surface area is 208 Å². The van der Waals surface area contributed by atoms with Gasteiger partial charge >= 0.3 is 6.03 Å². The Morgan fingerprint density at radius 1 is 1.08 bits per heavy atom. The van der Waals surface area contributed by atoms with Gasteiger partial charge in [-0.25, -0.2) is 9.78 Å². The Hall–Kier alpha value is -4.27. The summed E-state index contributed by atoms with van der Waals surface area (Å²) in [5.74, 6) is -0.161. The molecule has 2 amide bonds. The number of amides is 2. The van der Waals surface area contributed by atoms with Crippen LogP contribution in [-0.2, 0) is 0 Å². The summed E-state index contributed by atoms with van der Waals surface area (Å²) in [5, 5.41) is 20.9. The highest BCUT2D eigenvalue weighted by molar-refractivity contribution is 6.04. The maximum Gasteiger partial charge on any atom is 0.342 e. The Bertz CT molecular complexity index is 1420. The zero-order valence-corrected chi connectivity index (χ0v) is 20.1. The van der Waals surface area contributed by atoms with E-state index in [4.69, 9.17) is 0 Å². The molecular formula is C27H28N6O3. The molecule has 0 spiro atoms. The second-order valence-corrected chi connectivity index (χ2v) is 9.01. The van der Waals surface area contributed by atoms with Gasteiger partial charge in [0.2, 0.25) is 0 Å². The van der Waals surface area contributed by atoms with Crippen LogP contribution in [0.2, 0.25) is 0 Å². The molecule has 2 aromatic carbocycles. The summed E-state index contributed by atoms with van der Waals surface area (Å²) in [7, 11) is 0. The number of aromatic nitrogens is 4. The topological polar surface area (TPSA) is 122 Å². The van der Waals surface area contributed by atoms with E-state index in [0.717, 1.165) is 37.8 Å². The van der Waals surface area contributed by atoms with Gasteiger partial charge in [0.1, 0.15) is 11.4 Å². The SMILES string of the molecule is CCCNC(=O)n1nc(-c2cc(NC(=O)c3cnc4ccccc4n3)ccc2O)cc1C1CCCC1. The van der Waals surface area contributed by atoms with Crippen molar-refractivity contribution in [2.75, 3.05) is 11.9 Å². The van der Waals surface area contributed by atoms with E-state index in [1.165, 1.54) is 16.9 Å². The molecule has 2 heterocycles. The number of benzene rings is 2. The number of carbonyl (C=O) groups excluding carboxylic acids is 2. The largest absolute Gasteiger partial charge is 0.507 e. The van der Waals surface area contributed by atoms with Crippen LogP contribution >= 0.6 is 0 Å². The van der Waals surface area contributed by atoms with E-state index < -0.39 is 5.91 Å². The molecule has 1 aliphatic carbocycles. The summed E-state index contributed by atoms with van der Waals surface area (Å²) in [6.07, 6.45) is 6.49. The van der Waals surface area contributed by atoms with Gasteiger partial charge in [0.25, 0.3) is 5.91 Å². The van der Waals surface area contributed by atoms with Gasteiger partial charge in [-0.05, 0) is 55.7 Å². The van der Waals surface area contributed by atoms with Crippen molar-refractivity contribution in [3.63, 3.8) is 0 Å². The first-order valence-electron chi connectivity index (χ1n) is 12.3. The minimum absolute atomic E-state index is 0.00934. The smallest absolute Gasteiger partial charge is 0.342 e. The highest BCUT2D eigenvalue weighted by atomic mass is 16.3. The van der Waals surface area contributed by atoms with Crippen molar-refractivity contribution >= 4 is 28.7 Å². The molecule has 0 bridgehead atoms. The minimum Gasteiger partial charge on any atom is -0.507 e. The summed E-state index contributed by atoms with van der Waals surface area (Å²) in [4.78, 5) is 34.4. The minimum atomic E-state index is -0.416. The Morgan fingerprint density at radius 2 is 1.86 bits per heavy atom. The first-order valence-corrected chi connectivity index (χ1v) is 12.3. The second kappa shape index (κ2) is 10.2. The van der Waals surface area contributed by atoms with Crippen molar-refractivity contribution in [3.05, 3.63) is 66.1 Å². The number of carbonyl (C=O) groups is 2. The highest BCUT2D eigenvalue weighted by Crippen LogP contribution is 2.38. The van der Waals surface area contributed by atoms with Gasteiger partial charge in [-0.3, -0.25) is 9.78 Å². The molecular weight excluding hydrogens is 456 g/mol. The molecule has 1 saturated carbocycles. The number of para-hydroxylation sites is 2. The predicted molar refractivity (Wildman–Crippen MR) is 137 cm³/mol. The molecule has 36 heavy (non-hydrogen) atoms. The summed E-state index contributed by atoms with van der Waals surface area (Å²) in [5.41, 5.74) is 3.73. The van der Waals surface area contributed by atoms with Crippen molar-refractivity contribution in [3.8, 4) is 17.0 Å². The van der Waals surface area contributed by atoms with Gasteiger partial charge < -0.3 is 15.7 Å². The first-order chi connectivity index (χ1) is 17.5. The molecule has 1 aliphatic rings. The predicted octanol–water partition coefficient (Wildman–Crippen LogP) is 5.08. The number of rotatable bonds is 6. The van der Waals surface area contributed by atoms with Crippen LogP contribution in [0.3, 0.4) is 0 Å². The van der Waals surface area contributed by atoms with Crippen LogP contribution in [-0.4, -0.2) is 43.3 Å². The van der Waals surface area contributed by atoms with Crippen LogP contribution in [0.25, 0.3) is 22.3 Å². The monoisotopic (exact) mass is 484 g/mol. The zero-order valence-electron chi connectivity index (χ0n) is 20.1. The van der Waals surface area contributed by atoms with E-state index in [1.807, 2.05) is 31.2 Å². The highest BCUT2D eigenvalue weighted by Gasteiger charge is 2.26. The number of fused-ring (bicyclic) bond motifs is 1. The van der Waals surface area contributed by atoms with E-state index in [2.05, 4.69) is 25.7 Å². The maximum absolute atomic E-state index is 12.9. The molecule has 3 N–H and O–H groups in total. The van der Waals surface area contributed by atoms with Crippen molar-refractivity contribution in [1.29, 1.82) is 0 Å². The van der Waals surface area contributed by atoms with E-state index in [0.29, 0.717) is 34.5 Å². The van der Waals surface area contributed by atoms with Gasteiger partial charge in [0.15, 0.2) is 0 Å². The van der Waals surface area contributed by atoms with Crippen LogP contribution in [0.15, 0.2) is 54.7 Å². The third-order valence-electron chi connectivity index (χ3n) is 6.44. The van der Waals surface area contributed by atoms with E-state index in [-0.39, 0.29) is 23.4 Å². The van der Waals surface area contributed by atoms with Crippen LogP contribution in [0, 0.1) is 0 Å². The Morgan fingerprint density at radius 3 is 2.64 bits per heavy atom. The summed E-state index contributed by atoms with van der Waals surface area (Å²) in [6.45, 7) is 2.55. The second-order valence-electron chi connectivity index (χ2n) is 9.01. The lowest BCUT2D eigenvalue weighted by molar-refractivity contribution is 0.102. The summed E-state index contributed by atoms with van der Waals surface area (Å²) >= 11 is 0. The Balaban J connectivity index is 1.44. The maximum atomic E-state index is 12.9. The number of hydrogen-bond acceptors (Lipinski definition) is 6. The van der Waals surface area contributed by atoms with E-state index in [9.17, 15) is 14.7 Å². The number of anilines is 1. The molecule has 1 fully saturated rings. The van der Waals surface area contributed by atoms with Crippen LogP contribution in [0.5, 0.6) is 5.75 Å². The third kappa shape index (κ3) is 4.77. The number of phenolic OH excluding ortho intramolecular Hbond substituents is 1. The van der Waals surface area contributed by atoms with Crippen molar-refractivity contribution in [2.24, 2.45) is 0 Å². The summed E-state index contributed by atoms with van der Waals surface area (Å²) in [6, 6.07) is 13.7. The fourth-order valence-electron chi connectivity index (χ4n) is 4.59. The first kappa shape index (κ1) is 23.5. The molecule has 2 aromatic heterocycles. The van der Waals surface area contributed by atoms with E-state index >= 15 is 0 Å². The standard InChI is InChI=1S/C27H28N6O3/c1-2-13-28-27(36)33-24(17-7-3-4-8-17)15-22(32-33)19-14-18(11-12-25(19)34)30-26(35)23-16-29-20-9-5-6-10-21(20)31-23/h5-6,9-12,14-17,34H,2-4,7-8,13H2,1H3,(H,28,36)(H,30,35). The number of hydrogen-bond donors (Lipinski definition) is 3. The molecule has 0 unspecified atom stereocenters. The fraction of sp³-hybridized carbons (Fsp3) is 0.296. The number of aromatic hydroxyl groups is 1. The lowest BCUT2D eigenvalue weighted by Crippen LogP contribution is -2.31. The third-order valence-corrected chi connectivity index (χ3v) is 6.44. The van der Waals surface area contributed by atoms with Crippen LogP contribution < -0.4 is 10.6 Å². The lowest BCUT2D eigenvalue weighted by Gasteiger charge is -2.11. The number of nitrogens with one attached hydrogen (secondary N) is 2. The quantitative estimate of drug-likeness (QED) is 0.328. The van der Waals surface area contributed by atoms with Crippen molar-refractivity contribution in [2.45, 2.75) is 44.9 Å². The fourth-order valence-corrected chi connectivity index (χ4v) is 4.59. The average Bonchev–Trinajstić information content (AvgIpc) is 3.58. The molecule has 0 atom stereocenters. The molecule has 184 valence electrons. The number of nitrogens with zero attached hydrogens (tertiary/aromatic N) is 4. The molecule has 5 rings (SSSR count). The molecule has 0 radical (unpaired) electrons. The average molecular weight is 485 g/mol. The van der Waals surface area contributed by atoms with Crippen LogP contribution in [0.4, 0.5) is 10.5 Å². The number of phenols is 1.